The Labute approximate surface area is 228 Å². The van der Waals surface area contributed by atoms with Crippen molar-refractivity contribution in [1.82, 2.24) is 10.6 Å². The average molecular weight is 529 g/mol. The van der Waals surface area contributed by atoms with Gasteiger partial charge in [-0.1, -0.05) is 112 Å². The predicted molar refractivity (Wildman–Crippen MR) is 152 cm³/mol. The fourth-order valence-corrected chi connectivity index (χ4v) is 4.72. The largest absolute Gasteiger partial charge is 0.393 e. The Morgan fingerprint density at radius 2 is 1.16 bits per heavy atom. The van der Waals surface area contributed by atoms with Gasteiger partial charge in [0, 0.05) is 19.5 Å². The standard InChI is InChI=1S/C16H23NO.C9H10ClNO.C6H12O/c18-16(12-11-14-7-3-1-4-8-14)17-13-15-9-5-2-6-10-15;10-6-9(12)11-7-8-4-2-1-3-5-8;7-6-4-2-1-3-5-6/h2,5-6,9-10,14H,1,3-4,7-8,11-13H2,(H,17,18);1-5H,6-7H2,(H,11,12);6-7H,1-5H2. The van der Waals surface area contributed by atoms with E-state index in [2.05, 4.69) is 10.6 Å². The molecule has 2 aromatic carbocycles. The molecule has 0 saturated heterocycles. The van der Waals surface area contributed by atoms with Crippen LogP contribution in [0.25, 0.3) is 0 Å². The number of nitrogens with one attached hydrogen (secondary N) is 2. The van der Waals surface area contributed by atoms with Crippen molar-refractivity contribution in [3.05, 3.63) is 71.8 Å². The van der Waals surface area contributed by atoms with Crippen molar-refractivity contribution in [2.45, 2.75) is 96.2 Å². The van der Waals surface area contributed by atoms with Crippen LogP contribution in [0.3, 0.4) is 0 Å². The summed E-state index contributed by atoms with van der Waals surface area (Å²) in [6, 6.07) is 19.8. The van der Waals surface area contributed by atoms with Crippen LogP contribution in [0.5, 0.6) is 0 Å². The molecule has 2 aromatic rings. The molecule has 0 radical (unpaired) electrons. The molecule has 0 spiro atoms. The normalized spacial score (nSPS) is 15.8. The molecule has 5 nitrogen and oxygen atoms in total. The number of hydrogen-bond donors (Lipinski definition) is 3. The van der Waals surface area contributed by atoms with Gasteiger partial charge in [0.2, 0.25) is 11.8 Å². The molecule has 0 unspecified atom stereocenters. The molecule has 2 amide bonds. The number of rotatable bonds is 8. The Bertz CT molecular complexity index is 851. The quantitative estimate of drug-likeness (QED) is 0.341. The smallest absolute Gasteiger partial charge is 0.235 e. The van der Waals surface area contributed by atoms with Crippen molar-refractivity contribution in [1.29, 1.82) is 0 Å². The highest BCUT2D eigenvalue weighted by molar-refractivity contribution is 6.27. The number of benzene rings is 2. The van der Waals surface area contributed by atoms with E-state index in [0.29, 0.717) is 19.5 Å². The van der Waals surface area contributed by atoms with E-state index < -0.39 is 0 Å². The maximum absolute atomic E-state index is 11.7. The number of aliphatic hydroxyl groups excluding tert-OH is 1. The first-order valence-electron chi connectivity index (χ1n) is 13.9. The molecule has 4 rings (SSSR count). The van der Waals surface area contributed by atoms with Crippen molar-refractivity contribution in [2.75, 3.05) is 5.88 Å². The lowest BCUT2D eigenvalue weighted by Gasteiger charge is -2.20. The molecule has 0 aliphatic heterocycles. The van der Waals surface area contributed by atoms with Crippen LogP contribution in [-0.2, 0) is 22.7 Å². The number of halogens is 1. The Morgan fingerprint density at radius 1 is 0.703 bits per heavy atom. The number of hydrogen-bond acceptors (Lipinski definition) is 3. The number of carbonyl (C=O) groups excluding carboxylic acids is 2. The van der Waals surface area contributed by atoms with E-state index >= 15 is 0 Å². The molecule has 0 heterocycles. The lowest BCUT2D eigenvalue weighted by atomic mass is 9.86. The maximum Gasteiger partial charge on any atom is 0.235 e. The molecular formula is C31H45ClN2O3. The van der Waals surface area contributed by atoms with Crippen molar-refractivity contribution in [2.24, 2.45) is 5.92 Å². The molecule has 0 bridgehead atoms. The molecular weight excluding hydrogens is 484 g/mol. The fraction of sp³-hybridized carbons (Fsp3) is 0.548. The summed E-state index contributed by atoms with van der Waals surface area (Å²) in [5.41, 5.74) is 2.25. The summed E-state index contributed by atoms with van der Waals surface area (Å²) in [7, 11) is 0. The Balaban J connectivity index is 0.000000217. The fourth-order valence-electron chi connectivity index (χ4n) is 4.62. The van der Waals surface area contributed by atoms with Gasteiger partial charge < -0.3 is 15.7 Å². The minimum absolute atomic E-state index is 0.0207. The van der Waals surface area contributed by atoms with Crippen LogP contribution in [0.15, 0.2) is 60.7 Å². The van der Waals surface area contributed by atoms with Gasteiger partial charge in [0.15, 0.2) is 0 Å². The third-order valence-corrected chi connectivity index (χ3v) is 7.11. The molecule has 2 aliphatic carbocycles. The molecule has 2 fully saturated rings. The minimum atomic E-state index is -0.138. The molecule has 3 N–H and O–H groups in total. The summed E-state index contributed by atoms with van der Waals surface area (Å²) in [4.78, 5) is 22.5. The zero-order valence-corrected chi connectivity index (χ0v) is 22.9. The monoisotopic (exact) mass is 528 g/mol. The van der Waals surface area contributed by atoms with Crippen molar-refractivity contribution < 1.29 is 14.7 Å². The lowest BCUT2D eigenvalue weighted by molar-refractivity contribution is -0.121. The van der Waals surface area contributed by atoms with Gasteiger partial charge in [-0.2, -0.15) is 0 Å². The molecule has 0 aromatic heterocycles. The first-order valence-corrected chi connectivity index (χ1v) is 14.5. The third kappa shape index (κ3) is 15.5. The average Bonchev–Trinajstić information content (AvgIpc) is 2.96. The topological polar surface area (TPSA) is 78.4 Å². The summed E-state index contributed by atoms with van der Waals surface area (Å²) in [5, 5.41) is 14.6. The Kier molecular flexibility index (Phi) is 16.4. The predicted octanol–water partition coefficient (Wildman–Crippen LogP) is 6.52. The van der Waals surface area contributed by atoms with E-state index in [-0.39, 0.29) is 23.8 Å². The van der Waals surface area contributed by atoms with E-state index in [1.165, 1.54) is 56.9 Å². The SMILES string of the molecule is O=C(CCC1CCCCC1)NCc1ccccc1.O=C(CCl)NCc1ccccc1.OC1CCCCC1. The van der Waals surface area contributed by atoms with Crippen LogP contribution in [0.1, 0.15) is 88.2 Å². The van der Waals surface area contributed by atoms with Crippen LogP contribution >= 0.6 is 11.6 Å². The zero-order chi connectivity index (χ0) is 26.6. The van der Waals surface area contributed by atoms with Gasteiger partial charge in [-0.3, -0.25) is 9.59 Å². The molecule has 2 aliphatic rings. The van der Waals surface area contributed by atoms with Crippen LogP contribution < -0.4 is 10.6 Å². The second-order valence-corrected chi connectivity index (χ2v) is 10.3. The van der Waals surface area contributed by atoms with E-state index in [9.17, 15) is 9.59 Å². The lowest BCUT2D eigenvalue weighted by Crippen LogP contribution is -2.23. The van der Waals surface area contributed by atoms with Crippen molar-refractivity contribution >= 4 is 23.4 Å². The van der Waals surface area contributed by atoms with E-state index in [1.807, 2.05) is 60.7 Å². The number of aliphatic hydroxyl groups is 1. The number of carbonyl (C=O) groups is 2. The molecule has 204 valence electrons. The number of alkyl halides is 1. The van der Waals surface area contributed by atoms with E-state index in [4.69, 9.17) is 16.7 Å². The van der Waals surface area contributed by atoms with Gasteiger partial charge in [0.1, 0.15) is 5.88 Å². The van der Waals surface area contributed by atoms with Crippen LogP contribution in [-0.4, -0.2) is 28.9 Å². The highest BCUT2D eigenvalue weighted by atomic mass is 35.5. The summed E-state index contributed by atoms with van der Waals surface area (Å²) in [5.74, 6) is 0.874. The van der Waals surface area contributed by atoms with Gasteiger partial charge in [-0.25, -0.2) is 0 Å². The zero-order valence-electron chi connectivity index (χ0n) is 22.2. The van der Waals surface area contributed by atoms with Crippen LogP contribution in [0.2, 0.25) is 0 Å². The highest BCUT2D eigenvalue weighted by Crippen LogP contribution is 2.27. The first-order chi connectivity index (χ1) is 18.1. The summed E-state index contributed by atoms with van der Waals surface area (Å²) in [6.45, 7) is 1.21. The Hall–Kier alpha value is -2.37. The van der Waals surface area contributed by atoms with E-state index in [1.54, 1.807) is 0 Å². The summed E-state index contributed by atoms with van der Waals surface area (Å²) >= 11 is 5.31. The van der Waals surface area contributed by atoms with Crippen molar-refractivity contribution in [3.8, 4) is 0 Å². The summed E-state index contributed by atoms with van der Waals surface area (Å²) < 4.78 is 0. The van der Waals surface area contributed by atoms with E-state index in [0.717, 1.165) is 30.7 Å². The second kappa shape index (κ2) is 19.7. The minimum Gasteiger partial charge on any atom is -0.393 e. The van der Waals surface area contributed by atoms with Gasteiger partial charge in [0.25, 0.3) is 0 Å². The van der Waals surface area contributed by atoms with Crippen LogP contribution in [0.4, 0.5) is 0 Å². The van der Waals surface area contributed by atoms with Gasteiger partial charge in [0.05, 0.1) is 6.10 Å². The number of amides is 2. The molecule has 0 atom stereocenters. The third-order valence-electron chi connectivity index (χ3n) is 6.87. The van der Waals surface area contributed by atoms with Gasteiger partial charge >= 0.3 is 0 Å². The molecule has 37 heavy (non-hydrogen) atoms. The first kappa shape index (κ1) is 30.9. The van der Waals surface area contributed by atoms with Gasteiger partial charge in [-0.05, 0) is 36.3 Å². The highest BCUT2D eigenvalue weighted by Gasteiger charge is 2.14. The van der Waals surface area contributed by atoms with Crippen LogP contribution in [0, 0.1) is 5.92 Å². The maximum atomic E-state index is 11.7. The molecule has 6 heteroatoms. The second-order valence-electron chi connectivity index (χ2n) is 9.99. The van der Waals surface area contributed by atoms with Gasteiger partial charge in [-0.15, -0.1) is 11.6 Å². The summed E-state index contributed by atoms with van der Waals surface area (Å²) in [6.07, 6.45) is 14.4. The molecule has 2 saturated carbocycles. The van der Waals surface area contributed by atoms with Crippen molar-refractivity contribution in [3.63, 3.8) is 0 Å². The Morgan fingerprint density at radius 3 is 1.59 bits per heavy atom.